The minimum Gasteiger partial charge on any atom is -0.468 e. The monoisotopic (exact) mass is 261 g/mol. The largest absolute Gasteiger partial charge is 0.468 e. The fraction of sp³-hybridized carbons (Fsp3) is 0.923. The van der Waals surface area contributed by atoms with Crippen molar-refractivity contribution >= 4 is 5.97 Å². The summed E-state index contributed by atoms with van der Waals surface area (Å²) in [6.45, 7) is 6.96. The molecule has 0 fully saturated rings. The van der Waals surface area contributed by atoms with Crippen molar-refractivity contribution < 1.29 is 19.0 Å². The topological polar surface area (TPSA) is 56.8 Å². The molecule has 0 bridgehead atoms. The van der Waals surface area contributed by atoms with Crippen LogP contribution in [0.5, 0.6) is 0 Å². The highest BCUT2D eigenvalue weighted by atomic mass is 16.5. The van der Waals surface area contributed by atoms with Gasteiger partial charge in [-0.2, -0.15) is 0 Å². The molecular formula is C13H27NO4. The number of rotatable bonds is 9. The number of carbonyl (C=O) groups excluding carboxylic acids is 1. The third kappa shape index (κ3) is 5.80. The maximum atomic E-state index is 11.6. The molecule has 0 rings (SSSR count). The Morgan fingerprint density at radius 3 is 2.11 bits per heavy atom. The number of nitrogens with one attached hydrogen (secondary N) is 1. The molecule has 1 N–H and O–H groups in total. The van der Waals surface area contributed by atoms with E-state index < -0.39 is 5.54 Å². The van der Waals surface area contributed by atoms with Crippen molar-refractivity contribution in [3.05, 3.63) is 0 Å². The van der Waals surface area contributed by atoms with Gasteiger partial charge in [-0.1, -0.05) is 0 Å². The highest BCUT2D eigenvalue weighted by molar-refractivity contribution is 5.80. The Morgan fingerprint density at radius 1 is 1.11 bits per heavy atom. The number of likely N-dealkylation sites (N-methyl/N-ethyl adjacent to an activating group) is 1. The van der Waals surface area contributed by atoms with Gasteiger partial charge < -0.3 is 19.5 Å². The molecule has 5 heteroatoms. The fourth-order valence-electron chi connectivity index (χ4n) is 1.35. The molecular weight excluding hydrogens is 234 g/mol. The van der Waals surface area contributed by atoms with Gasteiger partial charge >= 0.3 is 5.97 Å². The molecule has 108 valence electrons. The van der Waals surface area contributed by atoms with Gasteiger partial charge in [-0.15, -0.1) is 0 Å². The molecule has 0 spiro atoms. The SMILES string of the molecule is CNC(C)(CCOCCC(C)(C)OC)C(=O)OC. The first-order valence-corrected chi connectivity index (χ1v) is 6.21. The van der Waals surface area contributed by atoms with E-state index >= 15 is 0 Å². The first kappa shape index (κ1) is 17.4. The maximum absolute atomic E-state index is 11.6. The van der Waals surface area contributed by atoms with Crippen LogP contribution in [0.25, 0.3) is 0 Å². The quantitative estimate of drug-likeness (QED) is 0.501. The molecule has 0 radical (unpaired) electrons. The first-order valence-electron chi connectivity index (χ1n) is 6.21. The van der Waals surface area contributed by atoms with E-state index in [0.29, 0.717) is 19.6 Å². The zero-order valence-corrected chi connectivity index (χ0v) is 12.5. The van der Waals surface area contributed by atoms with E-state index in [0.717, 1.165) is 6.42 Å². The van der Waals surface area contributed by atoms with E-state index in [1.165, 1.54) is 7.11 Å². The van der Waals surface area contributed by atoms with Crippen LogP contribution in [0.15, 0.2) is 0 Å². The number of methoxy groups -OCH3 is 2. The summed E-state index contributed by atoms with van der Waals surface area (Å²) in [6, 6.07) is 0. The third-order valence-corrected chi connectivity index (χ3v) is 3.34. The smallest absolute Gasteiger partial charge is 0.325 e. The number of ether oxygens (including phenoxy) is 3. The van der Waals surface area contributed by atoms with E-state index in [-0.39, 0.29) is 11.6 Å². The average Bonchev–Trinajstić information content (AvgIpc) is 2.36. The Balaban J connectivity index is 3.93. The standard InChI is InChI=1S/C13H27NO4/c1-12(2,17-6)7-9-18-10-8-13(3,14-4)11(15)16-5/h14H,7-10H2,1-6H3. The molecule has 0 aromatic heterocycles. The van der Waals surface area contributed by atoms with Crippen molar-refractivity contribution in [1.29, 1.82) is 0 Å². The molecule has 0 saturated heterocycles. The van der Waals surface area contributed by atoms with Crippen LogP contribution in [0.3, 0.4) is 0 Å². The van der Waals surface area contributed by atoms with E-state index in [9.17, 15) is 4.79 Å². The molecule has 0 aliphatic rings. The average molecular weight is 261 g/mol. The highest BCUT2D eigenvalue weighted by Crippen LogP contribution is 2.14. The van der Waals surface area contributed by atoms with Gasteiger partial charge in [-0.25, -0.2) is 0 Å². The van der Waals surface area contributed by atoms with Crippen LogP contribution in [0.4, 0.5) is 0 Å². The van der Waals surface area contributed by atoms with Crippen molar-refractivity contribution in [1.82, 2.24) is 5.32 Å². The normalized spacial score (nSPS) is 15.2. The summed E-state index contributed by atoms with van der Waals surface area (Å²) in [6.07, 6.45) is 1.39. The van der Waals surface area contributed by atoms with Gasteiger partial charge in [0.15, 0.2) is 0 Å². The molecule has 0 aliphatic carbocycles. The molecule has 5 nitrogen and oxygen atoms in total. The van der Waals surface area contributed by atoms with Crippen LogP contribution in [0.2, 0.25) is 0 Å². The van der Waals surface area contributed by atoms with Crippen LogP contribution in [0, 0.1) is 0 Å². The minimum absolute atomic E-state index is 0.172. The Bertz CT molecular complexity index is 255. The van der Waals surface area contributed by atoms with Crippen LogP contribution in [-0.2, 0) is 19.0 Å². The predicted molar refractivity (Wildman–Crippen MR) is 70.6 cm³/mol. The summed E-state index contributed by atoms with van der Waals surface area (Å²) in [4.78, 5) is 11.6. The summed E-state index contributed by atoms with van der Waals surface area (Å²) in [7, 11) is 4.82. The Kier molecular flexibility index (Phi) is 7.43. The molecule has 0 amide bonds. The molecule has 0 heterocycles. The van der Waals surface area contributed by atoms with Gasteiger partial charge in [0.25, 0.3) is 0 Å². The Morgan fingerprint density at radius 2 is 1.67 bits per heavy atom. The summed E-state index contributed by atoms with van der Waals surface area (Å²) < 4.78 is 15.6. The Labute approximate surface area is 110 Å². The van der Waals surface area contributed by atoms with Crippen LogP contribution in [0.1, 0.15) is 33.6 Å². The second-order valence-corrected chi connectivity index (χ2v) is 5.15. The van der Waals surface area contributed by atoms with E-state index in [1.54, 1.807) is 21.1 Å². The van der Waals surface area contributed by atoms with Crippen molar-refractivity contribution in [2.45, 2.75) is 44.8 Å². The maximum Gasteiger partial charge on any atom is 0.325 e. The highest BCUT2D eigenvalue weighted by Gasteiger charge is 2.32. The summed E-state index contributed by atoms with van der Waals surface area (Å²) in [5.41, 5.74) is -0.861. The second-order valence-electron chi connectivity index (χ2n) is 5.15. The molecule has 0 aromatic carbocycles. The second kappa shape index (κ2) is 7.71. The first-order chi connectivity index (χ1) is 8.31. The molecule has 0 aliphatic heterocycles. The Hall–Kier alpha value is -0.650. The van der Waals surface area contributed by atoms with Crippen molar-refractivity contribution in [2.24, 2.45) is 0 Å². The van der Waals surface area contributed by atoms with E-state index in [2.05, 4.69) is 5.32 Å². The third-order valence-electron chi connectivity index (χ3n) is 3.34. The van der Waals surface area contributed by atoms with Crippen molar-refractivity contribution in [2.75, 3.05) is 34.5 Å². The zero-order chi connectivity index (χ0) is 14.2. The molecule has 0 saturated carbocycles. The van der Waals surface area contributed by atoms with E-state index in [4.69, 9.17) is 14.2 Å². The molecule has 0 aromatic rings. The number of hydrogen-bond donors (Lipinski definition) is 1. The van der Waals surface area contributed by atoms with Gasteiger partial charge in [-0.05, 0) is 40.7 Å². The summed E-state index contributed by atoms with van der Waals surface area (Å²) in [5, 5.41) is 2.97. The summed E-state index contributed by atoms with van der Waals surface area (Å²) in [5.74, 6) is -0.272. The fourth-order valence-corrected chi connectivity index (χ4v) is 1.35. The van der Waals surface area contributed by atoms with Crippen LogP contribution in [-0.4, -0.2) is 51.6 Å². The van der Waals surface area contributed by atoms with Gasteiger partial charge in [0, 0.05) is 20.3 Å². The molecule has 18 heavy (non-hydrogen) atoms. The lowest BCUT2D eigenvalue weighted by molar-refractivity contribution is -0.148. The zero-order valence-electron chi connectivity index (χ0n) is 12.5. The van der Waals surface area contributed by atoms with E-state index in [1.807, 2.05) is 13.8 Å². The van der Waals surface area contributed by atoms with Gasteiger partial charge in [0.05, 0.1) is 12.7 Å². The van der Waals surface area contributed by atoms with Gasteiger partial charge in [0.2, 0.25) is 0 Å². The lowest BCUT2D eigenvalue weighted by atomic mass is 9.99. The van der Waals surface area contributed by atoms with Crippen molar-refractivity contribution in [3.8, 4) is 0 Å². The molecule has 1 atom stereocenters. The minimum atomic E-state index is -0.689. The van der Waals surface area contributed by atoms with Gasteiger partial charge in [0.1, 0.15) is 5.54 Å². The van der Waals surface area contributed by atoms with Crippen LogP contribution < -0.4 is 5.32 Å². The number of hydrogen-bond acceptors (Lipinski definition) is 5. The van der Waals surface area contributed by atoms with Gasteiger partial charge in [-0.3, -0.25) is 4.79 Å². The lowest BCUT2D eigenvalue weighted by Crippen LogP contribution is -2.49. The van der Waals surface area contributed by atoms with Crippen molar-refractivity contribution in [3.63, 3.8) is 0 Å². The molecule has 1 unspecified atom stereocenters. The number of carbonyl (C=O) groups is 1. The lowest BCUT2D eigenvalue weighted by Gasteiger charge is -2.26. The van der Waals surface area contributed by atoms with Crippen LogP contribution >= 0.6 is 0 Å². The predicted octanol–water partition coefficient (Wildman–Crippen LogP) is 1.36. The summed E-state index contributed by atoms with van der Waals surface area (Å²) >= 11 is 0. The number of esters is 1.